The largest absolute Gasteiger partial charge is 0.504 e. The van der Waals surface area contributed by atoms with Crippen LogP contribution in [0.3, 0.4) is 0 Å². The monoisotopic (exact) mass is 519 g/mol. The second kappa shape index (κ2) is 7.31. The third-order valence-electron chi connectivity index (χ3n) is 14.0. The molecule has 5 nitrogen and oxygen atoms in total. The molecule has 1 aromatic rings. The van der Waals surface area contributed by atoms with Gasteiger partial charge in [0.15, 0.2) is 11.5 Å². The van der Waals surface area contributed by atoms with E-state index in [1.165, 1.54) is 56.2 Å². The van der Waals surface area contributed by atoms with Crippen LogP contribution < -0.4 is 4.74 Å². The number of likely N-dealkylation sites (tertiary alicyclic amines) is 1. The van der Waals surface area contributed by atoms with Gasteiger partial charge in [0.25, 0.3) is 0 Å². The number of nitrogens with zero attached hydrogens (tertiary/aromatic N) is 1. The summed E-state index contributed by atoms with van der Waals surface area (Å²) in [5, 5.41) is 23.6. The molecule has 2 heterocycles. The van der Waals surface area contributed by atoms with Crippen LogP contribution in [0.4, 0.5) is 0 Å². The number of phenolic OH excluding ortho intramolecular Hbond substituents is 1. The van der Waals surface area contributed by atoms with Gasteiger partial charge in [0.05, 0.1) is 5.60 Å². The van der Waals surface area contributed by atoms with Crippen LogP contribution in [0.15, 0.2) is 12.1 Å². The normalized spacial score (nSPS) is 49.1. The van der Waals surface area contributed by atoms with Gasteiger partial charge < -0.3 is 19.7 Å². The molecule has 2 aliphatic heterocycles. The second-order valence-corrected chi connectivity index (χ2v) is 15.4. The molecule has 7 fully saturated rings. The Hall–Kier alpha value is -1.30. The van der Waals surface area contributed by atoms with Crippen LogP contribution in [0.2, 0.25) is 0 Å². The maximum Gasteiger partial charge on any atom is 0.165 e. The average molecular weight is 520 g/mol. The van der Waals surface area contributed by atoms with Gasteiger partial charge in [-0.2, -0.15) is 0 Å². The van der Waals surface area contributed by atoms with E-state index in [-0.39, 0.29) is 28.6 Å². The Kier molecular flexibility index (Phi) is 4.50. The first-order valence-electron chi connectivity index (χ1n) is 15.8. The fourth-order valence-corrected chi connectivity index (χ4v) is 12.4. The third-order valence-corrected chi connectivity index (χ3v) is 14.0. The maximum atomic E-state index is 12.5. The Labute approximate surface area is 227 Å². The van der Waals surface area contributed by atoms with Gasteiger partial charge in [-0.05, 0) is 119 Å². The first-order valence-corrected chi connectivity index (χ1v) is 15.8. The van der Waals surface area contributed by atoms with E-state index >= 15 is 0 Å². The molecule has 10 atom stereocenters. The Morgan fingerprint density at radius 1 is 1.13 bits per heavy atom. The summed E-state index contributed by atoms with van der Waals surface area (Å²) in [7, 11) is 1.88. The van der Waals surface area contributed by atoms with E-state index in [2.05, 4.69) is 17.9 Å². The molecule has 5 heteroatoms. The number of hydrogen-bond acceptors (Lipinski definition) is 5. The van der Waals surface area contributed by atoms with E-state index < -0.39 is 11.2 Å². The van der Waals surface area contributed by atoms with Gasteiger partial charge in [-0.25, -0.2) is 0 Å². The number of benzene rings is 1. The summed E-state index contributed by atoms with van der Waals surface area (Å²) < 4.78 is 13.7. The van der Waals surface area contributed by atoms with Crippen LogP contribution in [0.1, 0.15) is 88.7 Å². The number of ether oxygens (including phenoxy) is 2. The summed E-state index contributed by atoms with van der Waals surface area (Å²) in [4.78, 5) is 2.86. The predicted octanol–water partition coefficient (Wildman–Crippen LogP) is 5.19. The molecule has 1 aromatic carbocycles. The molecule has 0 amide bonds. The van der Waals surface area contributed by atoms with Crippen LogP contribution in [0.5, 0.6) is 11.5 Å². The zero-order valence-electron chi connectivity index (χ0n) is 23.3. The molecule has 2 spiro atoms. The Morgan fingerprint density at radius 3 is 2.74 bits per heavy atom. The lowest BCUT2D eigenvalue weighted by Gasteiger charge is -2.75. The summed E-state index contributed by atoms with van der Waals surface area (Å²) in [5.74, 6) is 4.30. The summed E-state index contributed by atoms with van der Waals surface area (Å²) in [5.41, 5.74) is 1.35. The zero-order valence-corrected chi connectivity index (χ0v) is 23.3. The highest BCUT2D eigenvalue weighted by molar-refractivity contribution is 5.63. The predicted molar refractivity (Wildman–Crippen MR) is 144 cm³/mol. The summed E-state index contributed by atoms with van der Waals surface area (Å²) in [6.45, 7) is 4.50. The fourth-order valence-electron chi connectivity index (χ4n) is 12.4. The Bertz CT molecular complexity index is 1190. The first kappa shape index (κ1) is 23.4. The van der Waals surface area contributed by atoms with Gasteiger partial charge in [-0.3, -0.25) is 4.90 Å². The molecule has 6 saturated carbocycles. The highest BCUT2D eigenvalue weighted by Crippen LogP contribution is 2.77. The molecule has 6 bridgehead atoms. The van der Waals surface area contributed by atoms with Crippen molar-refractivity contribution in [2.24, 2.45) is 35.0 Å². The minimum atomic E-state index is -0.781. The van der Waals surface area contributed by atoms with Crippen molar-refractivity contribution in [3.8, 4) is 11.5 Å². The number of phenols is 1. The van der Waals surface area contributed by atoms with Crippen molar-refractivity contribution in [3.05, 3.63) is 23.3 Å². The highest BCUT2D eigenvalue weighted by Gasteiger charge is 2.82. The van der Waals surface area contributed by atoms with E-state index in [0.29, 0.717) is 12.0 Å². The van der Waals surface area contributed by atoms with Crippen molar-refractivity contribution >= 4 is 0 Å². The fraction of sp³-hybridized carbons (Fsp3) is 0.818. The number of fused-ring (bicyclic) bond motifs is 4. The van der Waals surface area contributed by atoms with E-state index in [1.807, 2.05) is 13.2 Å². The molecular formula is C33H45NO4. The zero-order chi connectivity index (χ0) is 25.7. The third kappa shape index (κ3) is 2.62. The van der Waals surface area contributed by atoms with Gasteiger partial charge in [0, 0.05) is 42.0 Å². The van der Waals surface area contributed by atoms with Crippen molar-refractivity contribution in [1.82, 2.24) is 4.90 Å². The van der Waals surface area contributed by atoms with Crippen molar-refractivity contribution in [2.45, 2.75) is 113 Å². The molecule has 0 aromatic heterocycles. The molecular weight excluding hydrogens is 474 g/mol. The lowest BCUT2D eigenvalue weighted by molar-refractivity contribution is -0.304. The molecule has 206 valence electrons. The van der Waals surface area contributed by atoms with Crippen LogP contribution in [-0.2, 0) is 16.6 Å². The molecule has 10 rings (SSSR count). The smallest absolute Gasteiger partial charge is 0.165 e. The molecule has 38 heavy (non-hydrogen) atoms. The van der Waals surface area contributed by atoms with Crippen molar-refractivity contribution in [1.29, 1.82) is 0 Å². The average Bonchev–Trinajstić information content (AvgIpc) is 3.29. The Balaban J connectivity index is 1.19. The number of methoxy groups -OCH3 is 1. The van der Waals surface area contributed by atoms with Gasteiger partial charge in [-0.15, -0.1) is 0 Å². The van der Waals surface area contributed by atoms with Crippen LogP contribution in [-0.4, -0.2) is 58.7 Å². The van der Waals surface area contributed by atoms with Gasteiger partial charge in [0.2, 0.25) is 0 Å². The molecule has 7 aliphatic carbocycles. The number of aliphatic hydroxyl groups is 1. The molecule has 2 N–H and O–H groups in total. The van der Waals surface area contributed by atoms with Gasteiger partial charge in [0.1, 0.15) is 11.7 Å². The SMILES string of the molecule is CO[C@]12CC[C@@]3(C[C@@H]1[C@](C)(O)CC1C[C@@H]4CC[C@H]1C4)[C@H]1Cc4ccc(O)c5c4[C@@]3(CCN1CC1CC1)[C@H]2O5. The van der Waals surface area contributed by atoms with Crippen LogP contribution >= 0.6 is 0 Å². The van der Waals surface area contributed by atoms with Crippen LogP contribution in [0, 0.1) is 35.0 Å². The number of piperidine rings is 1. The molecule has 1 saturated heterocycles. The van der Waals surface area contributed by atoms with E-state index in [1.54, 1.807) is 0 Å². The van der Waals surface area contributed by atoms with E-state index in [0.717, 1.165) is 68.6 Å². The van der Waals surface area contributed by atoms with Gasteiger partial charge in [-0.1, -0.05) is 12.5 Å². The summed E-state index contributed by atoms with van der Waals surface area (Å²) >= 11 is 0. The van der Waals surface area contributed by atoms with Crippen molar-refractivity contribution in [3.63, 3.8) is 0 Å². The number of aromatic hydroxyl groups is 1. The van der Waals surface area contributed by atoms with Crippen LogP contribution in [0.25, 0.3) is 0 Å². The van der Waals surface area contributed by atoms with E-state index in [9.17, 15) is 10.2 Å². The summed E-state index contributed by atoms with van der Waals surface area (Å²) in [6.07, 6.45) is 14.2. The Morgan fingerprint density at radius 2 is 2.00 bits per heavy atom. The second-order valence-electron chi connectivity index (χ2n) is 15.4. The topological polar surface area (TPSA) is 62.2 Å². The lowest BCUT2D eigenvalue weighted by Crippen LogP contribution is -2.82. The number of hydrogen-bond donors (Lipinski definition) is 2. The van der Waals surface area contributed by atoms with Crippen molar-refractivity contribution in [2.75, 3.05) is 20.2 Å². The highest BCUT2D eigenvalue weighted by atomic mass is 16.6. The molecule has 1 unspecified atom stereocenters. The summed E-state index contributed by atoms with van der Waals surface area (Å²) in [6, 6.07) is 4.54. The number of rotatable bonds is 6. The van der Waals surface area contributed by atoms with Gasteiger partial charge >= 0.3 is 0 Å². The van der Waals surface area contributed by atoms with Crippen molar-refractivity contribution < 1.29 is 19.7 Å². The minimum absolute atomic E-state index is 0.0485. The molecule has 9 aliphatic rings. The quantitative estimate of drug-likeness (QED) is 0.541. The minimum Gasteiger partial charge on any atom is -0.504 e. The standard InChI is InChI=1S/C33H45NO4/c1-30(36,16-23-14-20-5-6-21(23)13-20)25-17-31-9-10-33(25,37-2)29-32(31)11-12-34(18-19-3-4-19)26(31)15-22-7-8-24(35)28(38-29)27(22)32/h7-8,19-21,23,25-26,29,35-36H,3-6,9-18H2,1-2H3/t20-,21+,23?,25-,26-,29-,30-,31-,32+,33-/m1/s1. The maximum absolute atomic E-state index is 12.5. The first-order chi connectivity index (χ1) is 18.3. The lowest BCUT2D eigenvalue weighted by atomic mass is 9.33. The van der Waals surface area contributed by atoms with E-state index in [4.69, 9.17) is 9.47 Å². The molecule has 0 radical (unpaired) electrons.